The fraction of sp³-hybridized carbons (Fsp3) is 0.111. The molecule has 2 aromatic heterocycles. The second-order valence-corrected chi connectivity index (χ2v) is 6.32. The molecule has 0 bridgehead atoms. The fourth-order valence-corrected chi connectivity index (χ4v) is 2.80. The molecule has 0 fully saturated rings. The Kier molecular flexibility index (Phi) is 5.70. The molecular formula is C18H13BrF2N2O4. The summed E-state index contributed by atoms with van der Waals surface area (Å²) >= 11 is 3.23. The van der Waals surface area contributed by atoms with Crippen molar-refractivity contribution in [2.24, 2.45) is 0 Å². The van der Waals surface area contributed by atoms with Crippen molar-refractivity contribution in [2.45, 2.75) is 13.2 Å². The molecule has 0 radical (unpaired) electrons. The van der Waals surface area contributed by atoms with Gasteiger partial charge in [-0.1, -0.05) is 15.9 Å². The molecule has 0 atom stereocenters. The average Bonchev–Trinajstić information content (AvgIpc) is 3.16. The van der Waals surface area contributed by atoms with Crippen molar-refractivity contribution in [2.75, 3.05) is 0 Å². The molecule has 2 N–H and O–H groups in total. The maximum Gasteiger partial charge on any atom is 0.387 e. The zero-order valence-electron chi connectivity index (χ0n) is 13.7. The van der Waals surface area contributed by atoms with E-state index in [-0.39, 0.29) is 17.9 Å². The van der Waals surface area contributed by atoms with Crippen LogP contribution in [0.1, 0.15) is 15.9 Å². The molecule has 0 unspecified atom stereocenters. The number of furan rings is 1. The van der Waals surface area contributed by atoms with Crippen molar-refractivity contribution in [3.05, 3.63) is 74.7 Å². The molecule has 0 saturated heterocycles. The maximum absolute atomic E-state index is 12.5. The number of carbonyl (C=O) groups is 1. The number of benzene rings is 1. The number of amides is 1. The van der Waals surface area contributed by atoms with E-state index in [1.165, 1.54) is 18.4 Å². The molecule has 1 aromatic carbocycles. The van der Waals surface area contributed by atoms with E-state index in [0.29, 0.717) is 21.5 Å². The number of hydrogen-bond donors (Lipinski definition) is 2. The van der Waals surface area contributed by atoms with Gasteiger partial charge in [0.2, 0.25) is 0 Å². The maximum atomic E-state index is 12.5. The van der Waals surface area contributed by atoms with Crippen LogP contribution in [0.25, 0.3) is 11.5 Å². The highest BCUT2D eigenvalue weighted by atomic mass is 79.9. The molecule has 3 rings (SSSR count). The molecule has 0 aliphatic rings. The van der Waals surface area contributed by atoms with Gasteiger partial charge in [0.05, 0.1) is 12.0 Å². The largest absolute Gasteiger partial charge is 0.463 e. The number of ether oxygens (including phenoxy) is 1. The van der Waals surface area contributed by atoms with Gasteiger partial charge in [-0.25, -0.2) is 0 Å². The first kappa shape index (κ1) is 18.8. The highest BCUT2D eigenvalue weighted by Crippen LogP contribution is 2.24. The van der Waals surface area contributed by atoms with Crippen LogP contribution in [0.15, 0.2) is 62.4 Å². The number of H-pyrrole nitrogens is 1. The van der Waals surface area contributed by atoms with Gasteiger partial charge in [0.1, 0.15) is 17.1 Å². The summed E-state index contributed by atoms with van der Waals surface area (Å²) in [6, 6.07) is 10.7. The van der Waals surface area contributed by atoms with Crippen molar-refractivity contribution in [1.29, 1.82) is 0 Å². The molecule has 0 spiro atoms. The number of aromatic amines is 1. The van der Waals surface area contributed by atoms with Crippen LogP contribution in [0.3, 0.4) is 0 Å². The summed E-state index contributed by atoms with van der Waals surface area (Å²) < 4.78 is 35.3. The SMILES string of the molecule is O=C(NCc1cc(Br)ccc1OC(F)F)c1ccc(-c2ccco2)[nH]c1=O. The van der Waals surface area contributed by atoms with E-state index < -0.39 is 18.1 Å². The number of alkyl halides is 2. The van der Waals surface area contributed by atoms with Crippen LogP contribution in [-0.2, 0) is 6.54 Å². The van der Waals surface area contributed by atoms with E-state index in [0.717, 1.165) is 0 Å². The van der Waals surface area contributed by atoms with Gasteiger partial charge >= 0.3 is 6.61 Å². The first-order chi connectivity index (χ1) is 12.9. The monoisotopic (exact) mass is 438 g/mol. The van der Waals surface area contributed by atoms with Gasteiger partial charge in [0.25, 0.3) is 11.5 Å². The lowest BCUT2D eigenvalue weighted by atomic mass is 10.2. The van der Waals surface area contributed by atoms with Crippen molar-refractivity contribution < 1.29 is 22.7 Å². The Labute approximate surface area is 160 Å². The molecule has 0 aliphatic carbocycles. The summed E-state index contributed by atoms with van der Waals surface area (Å²) in [5, 5.41) is 2.52. The summed E-state index contributed by atoms with van der Waals surface area (Å²) in [6.45, 7) is -3.09. The lowest BCUT2D eigenvalue weighted by Crippen LogP contribution is -2.29. The zero-order valence-corrected chi connectivity index (χ0v) is 15.3. The first-order valence-corrected chi connectivity index (χ1v) is 8.52. The van der Waals surface area contributed by atoms with Gasteiger partial charge in [0.15, 0.2) is 0 Å². The third kappa shape index (κ3) is 4.62. The second-order valence-electron chi connectivity index (χ2n) is 5.41. The predicted octanol–water partition coefficient (Wildman–Crippen LogP) is 3.93. The minimum absolute atomic E-state index is 0.0597. The van der Waals surface area contributed by atoms with E-state index in [9.17, 15) is 18.4 Å². The Bertz CT molecular complexity index is 1000. The first-order valence-electron chi connectivity index (χ1n) is 7.72. The summed E-state index contributed by atoms with van der Waals surface area (Å²) in [4.78, 5) is 27.0. The molecule has 1 amide bonds. The number of hydrogen-bond acceptors (Lipinski definition) is 4. The van der Waals surface area contributed by atoms with Crippen LogP contribution in [-0.4, -0.2) is 17.5 Å². The van der Waals surface area contributed by atoms with E-state index in [1.54, 1.807) is 30.3 Å². The molecule has 27 heavy (non-hydrogen) atoms. The van der Waals surface area contributed by atoms with E-state index >= 15 is 0 Å². The number of nitrogens with one attached hydrogen (secondary N) is 2. The van der Waals surface area contributed by atoms with Crippen molar-refractivity contribution >= 4 is 21.8 Å². The van der Waals surface area contributed by atoms with Crippen molar-refractivity contribution in [3.63, 3.8) is 0 Å². The predicted molar refractivity (Wildman–Crippen MR) is 96.7 cm³/mol. The Hall–Kier alpha value is -2.94. The standard InChI is InChI=1S/C18H13BrF2N2O4/c19-11-3-6-14(27-18(20)21)10(8-11)9-22-16(24)12-4-5-13(23-17(12)25)15-2-1-7-26-15/h1-8,18H,9H2,(H,22,24)(H,23,25). The van der Waals surface area contributed by atoms with Gasteiger partial charge in [0, 0.05) is 16.6 Å². The van der Waals surface area contributed by atoms with Crippen LogP contribution in [0, 0.1) is 0 Å². The Morgan fingerprint density at radius 2 is 2.07 bits per heavy atom. The lowest BCUT2D eigenvalue weighted by molar-refractivity contribution is -0.0504. The highest BCUT2D eigenvalue weighted by Gasteiger charge is 2.15. The Morgan fingerprint density at radius 1 is 1.26 bits per heavy atom. The normalized spacial score (nSPS) is 10.8. The summed E-state index contributed by atoms with van der Waals surface area (Å²) in [5.74, 6) is -0.247. The van der Waals surface area contributed by atoms with Gasteiger partial charge in [-0.15, -0.1) is 0 Å². The van der Waals surface area contributed by atoms with Crippen LogP contribution >= 0.6 is 15.9 Å². The van der Waals surface area contributed by atoms with Crippen molar-refractivity contribution in [1.82, 2.24) is 10.3 Å². The zero-order chi connectivity index (χ0) is 19.4. The molecule has 0 saturated carbocycles. The number of halogens is 3. The van der Waals surface area contributed by atoms with Gasteiger partial charge in [-0.05, 0) is 42.5 Å². The third-order valence-electron chi connectivity index (χ3n) is 3.62. The minimum atomic E-state index is -2.99. The molecule has 3 aromatic rings. The number of rotatable bonds is 6. The smallest absolute Gasteiger partial charge is 0.387 e. The van der Waals surface area contributed by atoms with E-state index in [1.807, 2.05) is 0 Å². The van der Waals surface area contributed by atoms with Gasteiger partial charge in [-0.2, -0.15) is 8.78 Å². The lowest BCUT2D eigenvalue weighted by Gasteiger charge is -2.12. The topological polar surface area (TPSA) is 84.3 Å². The molecule has 6 nitrogen and oxygen atoms in total. The molecule has 2 heterocycles. The fourth-order valence-electron chi connectivity index (χ4n) is 2.40. The summed E-state index contributed by atoms with van der Waals surface area (Å²) in [5.41, 5.74) is 0.0548. The number of carbonyl (C=O) groups excluding carboxylic acids is 1. The quantitative estimate of drug-likeness (QED) is 0.610. The average molecular weight is 439 g/mol. The van der Waals surface area contributed by atoms with Crippen LogP contribution in [0.4, 0.5) is 8.78 Å². The summed E-state index contributed by atoms with van der Waals surface area (Å²) in [6.07, 6.45) is 1.46. The van der Waals surface area contributed by atoms with Crippen LogP contribution in [0.5, 0.6) is 5.75 Å². The van der Waals surface area contributed by atoms with Crippen molar-refractivity contribution in [3.8, 4) is 17.2 Å². The molecule has 9 heteroatoms. The highest BCUT2D eigenvalue weighted by molar-refractivity contribution is 9.10. The molecular weight excluding hydrogens is 426 g/mol. The Balaban J connectivity index is 1.75. The second kappa shape index (κ2) is 8.17. The number of aromatic nitrogens is 1. The minimum Gasteiger partial charge on any atom is -0.463 e. The molecule has 0 aliphatic heterocycles. The Morgan fingerprint density at radius 3 is 2.74 bits per heavy atom. The molecule has 140 valence electrons. The van der Waals surface area contributed by atoms with Crippen LogP contribution in [0.2, 0.25) is 0 Å². The third-order valence-corrected chi connectivity index (χ3v) is 4.11. The van der Waals surface area contributed by atoms with E-state index in [4.69, 9.17) is 4.42 Å². The van der Waals surface area contributed by atoms with Crippen LogP contribution < -0.4 is 15.6 Å². The summed E-state index contributed by atoms with van der Waals surface area (Å²) in [7, 11) is 0. The van der Waals surface area contributed by atoms with Gasteiger partial charge < -0.3 is 19.5 Å². The van der Waals surface area contributed by atoms with Gasteiger partial charge in [-0.3, -0.25) is 9.59 Å². The number of pyridine rings is 1. The van der Waals surface area contributed by atoms with E-state index in [2.05, 4.69) is 31.0 Å².